The van der Waals surface area contributed by atoms with Gasteiger partial charge in [-0.2, -0.15) is 0 Å². The van der Waals surface area contributed by atoms with Crippen molar-refractivity contribution in [2.24, 2.45) is 0 Å². The monoisotopic (exact) mass is 447 g/mol. The van der Waals surface area contributed by atoms with Crippen molar-refractivity contribution in [1.82, 2.24) is 5.32 Å². The maximum absolute atomic E-state index is 12.8. The molecule has 9 heteroatoms. The van der Waals surface area contributed by atoms with Gasteiger partial charge in [-0.05, 0) is 0 Å². The van der Waals surface area contributed by atoms with Gasteiger partial charge < -0.3 is 0 Å². The first-order valence-electron chi connectivity index (χ1n) is 8.78. The van der Waals surface area contributed by atoms with Gasteiger partial charge in [0.15, 0.2) is 0 Å². The quantitative estimate of drug-likeness (QED) is 0.363. The Hall–Kier alpha value is -2.57. The molecule has 0 fully saturated rings. The molecule has 1 aliphatic rings. The van der Waals surface area contributed by atoms with Gasteiger partial charge in [0.05, 0.1) is 0 Å². The topological polar surface area (TPSA) is 111 Å². The van der Waals surface area contributed by atoms with Gasteiger partial charge in [0, 0.05) is 0 Å². The van der Waals surface area contributed by atoms with Gasteiger partial charge in [-0.3, -0.25) is 0 Å². The van der Waals surface area contributed by atoms with Gasteiger partial charge in [0.2, 0.25) is 0 Å². The van der Waals surface area contributed by atoms with Crippen molar-refractivity contribution in [3.05, 3.63) is 57.6 Å². The Labute approximate surface area is 168 Å². The molecule has 28 heavy (non-hydrogen) atoms. The van der Waals surface area contributed by atoms with E-state index in [1.165, 1.54) is 12.1 Å². The number of ether oxygens (including phenoxy) is 2. The van der Waals surface area contributed by atoms with E-state index in [2.05, 4.69) is 5.32 Å². The van der Waals surface area contributed by atoms with Crippen molar-refractivity contribution in [2.75, 3.05) is 13.4 Å². The SMILES string of the molecule is CCC(CO)[As]c1ccc([N+](=O)[O-])cc1C(=O)NCc1ccc2c(c1)OCO2. The van der Waals surface area contributed by atoms with Crippen LogP contribution in [0.3, 0.4) is 0 Å². The zero-order valence-electron chi connectivity index (χ0n) is 15.3. The summed E-state index contributed by atoms with van der Waals surface area (Å²) < 4.78 is 11.4. The number of nitrogens with zero attached hydrogens (tertiary/aromatic N) is 1. The molecular weight excluding hydrogens is 427 g/mol. The molecule has 0 aromatic heterocycles. The molecule has 1 unspecified atom stereocenters. The van der Waals surface area contributed by atoms with Crippen LogP contribution < -0.4 is 19.1 Å². The standard InChI is InChI=1S/C19H20AsN2O6/c1-2-13(10-23)20-16-5-4-14(22(25)26)8-15(16)19(24)21-9-12-3-6-17-18(7-12)28-11-27-17/h3-8,13,23H,2,9-11H2,1H3,(H,21,24). The molecule has 2 aromatic rings. The summed E-state index contributed by atoms with van der Waals surface area (Å²) in [4.78, 5) is 23.4. The van der Waals surface area contributed by atoms with Crippen LogP contribution in [0.15, 0.2) is 36.4 Å². The molecule has 1 amide bonds. The van der Waals surface area contributed by atoms with E-state index in [1.54, 1.807) is 18.2 Å². The number of rotatable bonds is 8. The number of non-ortho nitro benzene ring substituents is 1. The summed E-state index contributed by atoms with van der Waals surface area (Å²) >= 11 is -0.500. The Morgan fingerprint density at radius 1 is 1.29 bits per heavy atom. The zero-order chi connectivity index (χ0) is 20.1. The fraction of sp³-hybridized carbons (Fsp3) is 0.316. The van der Waals surface area contributed by atoms with Crippen LogP contribution >= 0.6 is 0 Å². The van der Waals surface area contributed by atoms with Crippen LogP contribution in [0.1, 0.15) is 29.3 Å². The van der Waals surface area contributed by atoms with E-state index in [1.807, 2.05) is 13.0 Å². The van der Waals surface area contributed by atoms with Crippen molar-refractivity contribution in [2.45, 2.75) is 24.6 Å². The average Bonchev–Trinajstić information content (AvgIpc) is 3.18. The van der Waals surface area contributed by atoms with Crippen molar-refractivity contribution in [3.63, 3.8) is 0 Å². The van der Waals surface area contributed by atoms with Crippen LogP contribution in [-0.4, -0.2) is 45.1 Å². The van der Waals surface area contributed by atoms with Crippen molar-refractivity contribution < 1.29 is 24.3 Å². The Kier molecular flexibility index (Phi) is 6.54. The second-order valence-electron chi connectivity index (χ2n) is 6.20. The second kappa shape index (κ2) is 9.08. The van der Waals surface area contributed by atoms with E-state index in [4.69, 9.17) is 9.47 Å². The minimum atomic E-state index is -0.516. The summed E-state index contributed by atoms with van der Waals surface area (Å²) in [5, 5.41) is 23.4. The molecule has 1 atom stereocenters. The Balaban J connectivity index is 1.78. The number of nitro groups is 1. The number of fused-ring (bicyclic) bond motifs is 1. The molecule has 0 aliphatic carbocycles. The van der Waals surface area contributed by atoms with Gasteiger partial charge in [0.25, 0.3) is 0 Å². The summed E-state index contributed by atoms with van der Waals surface area (Å²) in [5.74, 6) is 0.913. The number of nitro benzene ring substituents is 1. The molecule has 1 heterocycles. The number of benzene rings is 2. The molecule has 8 nitrogen and oxygen atoms in total. The van der Waals surface area contributed by atoms with Crippen molar-refractivity contribution >= 4 is 31.7 Å². The van der Waals surface area contributed by atoms with E-state index >= 15 is 0 Å². The van der Waals surface area contributed by atoms with E-state index in [0.29, 0.717) is 17.1 Å². The normalized spacial score (nSPS) is 13.6. The molecule has 1 aliphatic heterocycles. The van der Waals surface area contributed by atoms with E-state index in [-0.39, 0.29) is 36.2 Å². The van der Waals surface area contributed by atoms with Crippen molar-refractivity contribution in [3.8, 4) is 11.5 Å². The number of carbonyl (C=O) groups excluding carboxylic acids is 1. The number of carbonyl (C=O) groups is 1. The van der Waals surface area contributed by atoms with Crippen LogP contribution in [-0.2, 0) is 6.54 Å². The number of hydrogen-bond acceptors (Lipinski definition) is 6. The number of aliphatic hydroxyl groups excluding tert-OH is 1. The van der Waals surface area contributed by atoms with E-state index in [0.717, 1.165) is 16.3 Å². The molecule has 147 valence electrons. The third-order valence-electron chi connectivity index (χ3n) is 4.33. The first kappa shape index (κ1) is 20.2. The summed E-state index contributed by atoms with van der Waals surface area (Å²) in [6.07, 6.45) is 0.783. The number of hydrogen-bond donors (Lipinski definition) is 2. The van der Waals surface area contributed by atoms with E-state index in [9.17, 15) is 20.0 Å². The third-order valence-corrected chi connectivity index (χ3v) is 7.61. The minimum absolute atomic E-state index is 0.0335. The molecule has 0 bridgehead atoms. The van der Waals surface area contributed by atoms with Crippen LogP contribution in [0, 0.1) is 10.1 Å². The van der Waals surface area contributed by atoms with Gasteiger partial charge in [-0.25, -0.2) is 0 Å². The average molecular weight is 447 g/mol. The van der Waals surface area contributed by atoms with Crippen LogP contribution in [0.2, 0.25) is 4.71 Å². The first-order valence-corrected chi connectivity index (χ1v) is 10.8. The number of aliphatic hydroxyl groups is 1. The molecular formula is C19H20AsN2O6. The van der Waals surface area contributed by atoms with Gasteiger partial charge in [-0.15, -0.1) is 0 Å². The molecule has 3 rings (SSSR count). The van der Waals surface area contributed by atoms with Crippen LogP contribution in [0.5, 0.6) is 11.5 Å². The Morgan fingerprint density at radius 2 is 2.07 bits per heavy atom. The summed E-state index contributed by atoms with van der Waals surface area (Å²) in [5.41, 5.74) is 0.997. The second-order valence-corrected chi connectivity index (χ2v) is 9.29. The van der Waals surface area contributed by atoms with Gasteiger partial charge in [-0.1, -0.05) is 0 Å². The first-order chi connectivity index (χ1) is 13.5. The fourth-order valence-electron chi connectivity index (χ4n) is 2.72. The predicted octanol–water partition coefficient (Wildman–Crippen LogP) is 1.77. The molecule has 0 saturated carbocycles. The fourth-order valence-corrected chi connectivity index (χ4v) is 5.08. The molecule has 0 saturated heterocycles. The molecule has 1 radical (unpaired) electrons. The molecule has 2 N–H and O–H groups in total. The molecule has 2 aromatic carbocycles. The Bertz CT molecular complexity index is 885. The van der Waals surface area contributed by atoms with Gasteiger partial charge in [0.1, 0.15) is 0 Å². The third kappa shape index (κ3) is 4.63. The Morgan fingerprint density at radius 3 is 2.79 bits per heavy atom. The number of amides is 1. The van der Waals surface area contributed by atoms with Gasteiger partial charge >= 0.3 is 168 Å². The summed E-state index contributed by atoms with van der Waals surface area (Å²) in [7, 11) is 0. The van der Waals surface area contributed by atoms with E-state index < -0.39 is 20.7 Å². The van der Waals surface area contributed by atoms with Crippen molar-refractivity contribution in [1.29, 1.82) is 0 Å². The predicted molar refractivity (Wildman–Crippen MR) is 103 cm³/mol. The van der Waals surface area contributed by atoms with Crippen LogP contribution in [0.25, 0.3) is 0 Å². The zero-order valence-corrected chi connectivity index (χ0v) is 17.1. The summed E-state index contributed by atoms with van der Waals surface area (Å²) in [6.45, 7) is 2.44. The summed E-state index contributed by atoms with van der Waals surface area (Å²) in [6, 6.07) is 9.74. The maximum atomic E-state index is 12.8. The van der Waals surface area contributed by atoms with Crippen LogP contribution in [0.4, 0.5) is 5.69 Å². The molecule has 0 spiro atoms. The number of nitrogens with one attached hydrogen (secondary N) is 1.